The molecule has 0 bridgehead atoms. The van der Waals surface area contributed by atoms with E-state index in [0.717, 1.165) is 4.74 Å². The molecule has 0 unspecified atom stereocenters. The molecule has 0 fully saturated rings. The van der Waals surface area contributed by atoms with Crippen molar-refractivity contribution in [1.82, 2.24) is 4.74 Å². The largest absolute Gasteiger partial charge is 0.477 e. The highest BCUT2D eigenvalue weighted by Gasteiger charge is 2.21. The molecule has 0 saturated carbocycles. The number of carboxylic acid groups (broad SMARTS) is 1. The van der Waals surface area contributed by atoms with Crippen LogP contribution >= 0.6 is 0 Å². The first-order chi connectivity index (χ1) is 8.49. The zero-order chi connectivity index (χ0) is 13.3. The summed E-state index contributed by atoms with van der Waals surface area (Å²) in [5.74, 6) is -1.71. The van der Waals surface area contributed by atoms with Gasteiger partial charge in [-0.2, -0.15) is 0 Å². The van der Waals surface area contributed by atoms with E-state index in [4.69, 9.17) is 9.63 Å². The van der Waals surface area contributed by atoms with E-state index in [1.54, 1.807) is 0 Å². The van der Waals surface area contributed by atoms with E-state index in [0.29, 0.717) is 5.56 Å². The molecule has 6 heteroatoms. The lowest BCUT2D eigenvalue weighted by Crippen LogP contribution is -2.12. The van der Waals surface area contributed by atoms with Crippen LogP contribution < -0.4 is 5.63 Å². The number of halogens is 1. The second-order valence-corrected chi connectivity index (χ2v) is 3.81. The normalized spacial score (nSPS) is 10.6. The highest BCUT2D eigenvalue weighted by Crippen LogP contribution is 2.13. The maximum atomic E-state index is 12.7. The summed E-state index contributed by atoms with van der Waals surface area (Å²) in [6, 6.07) is 5.60. The summed E-state index contributed by atoms with van der Waals surface area (Å²) in [5, 5.41) is 8.95. The standard InChI is InChI=1S/C12H10FNO4/c1-14-9(10(11(15)16)12(17)18-14)6-7-2-4-8(13)5-3-7/h2-5H,6H2,1H3,(H,15,16). The van der Waals surface area contributed by atoms with E-state index >= 15 is 0 Å². The maximum absolute atomic E-state index is 12.7. The molecule has 1 aromatic carbocycles. The average molecular weight is 251 g/mol. The molecule has 18 heavy (non-hydrogen) atoms. The van der Waals surface area contributed by atoms with Gasteiger partial charge in [0, 0.05) is 13.5 Å². The Labute approximate surface area is 101 Å². The Bertz CT molecular complexity index is 639. The summed E-state index contributed by atoms with van der Waals surface area (Å²) < 4.78 is 18.6. The predicted molar refractivity (Wildman–Crippen MR) is 60.1 cm³/mol. The number of rotatable bonds is 3. The smallest absolute Gasteiger partial charge is 0.372 e. The fraction of sp³-hybridized carbons (Fsp3) is 0.167. The van der Waals surface area contributed by atoms with Crippen LogP contribution in [0.2, 0.25) is 0 Å². The quantitative estimate of drug-likeness (QED) is 0.895. The first-order valence-corrected chi connectivity index (χ1v) is 5.16. The summed E-state index contributed by atoms with van der Waals surface area (Å²) in [4.78, 5) is 22.3. The Hall–Kier alpha value is -2.37. The lowest BCUT2D eigenvalue weighted by atomic mass is 10.1. The van der Waals surface area contributed by atoms with Crippen LogP contribution in [0, 0.1) is 5.82 Å². The molecule has 0 aliphatic heterocycles. The molecule has 1 aromatic heterocycles. The summed E-state index contributed by atoms with van der Waals surface area (Å²) in [5.41, 5.74) is -0.335. The van der Waals surface area contributed by atoms with Gasteiger partial charge in [0.15, 0.2) is 5.56 Å². The van der Waals surface area contributed by atoms with Crippen LogP contribution in [0.25, 0.3) is 0 Å². The average Bonchev–Trinajstić information content (AvgIpc) is 2.57. The zero-order valence-electron chi connectivity index (χ0n) is 9.51. The predicted octanol–water partition coefficient (Wildman–Crippen LogP) is 1.41. The van der Waals surface area contributed by atoms with Gasteiger partial charge in [-0.25, -0.2) is 18.7 Å². The zero-order valence-corrected chi connectivity index (χ0v) is 9.51. The Kier molecular flexibility index (Phi) is 3.01. The Balaban J connectivity index is 2.43. The molecule has 2 rings (SSSR count). The number of benzene rings is 1. The molecular formula is C12H10FNO4. The van der Waals surface area contributed by atoms with Crippen molar-refractivity contribution in [3.8, 4) is 0 Å². The topological polar surface area (TPSA) is 72.4 Å². The van der Waals surface area contributed by atoms with Gasteiger partial charge in [-0.05, 0) is 17.7 Å². The summed E-state index contributed by atoms with van der Waals surface area (Å²) in [6.07, 6.45) is 0.185. The van der Waals surface area contributed by atoms with Gasteiger partial charge in [0.1, 0.15) is 5.82 Å². The van der Waals surface area contributed by atoms with Crippen LogP contribution in [0.1, 0.15) is 21.6 Å². The Morgan fingerprint density at radius 2 is 2.00 bits per heavy atom. The van der Waals surface area contributed by atoms with E-state index in [9.17, 15) is 14.0 Å². The first kappa shape index (κ1) is 12.1. The van der Waals surface area contributed by atoms with Crippen molar-refractivity contribution < 1.29 is 18.8 Å². The van der Waals surface area contributed by atoms with Gasteiger partial charge in [-0.3, -0.25) is 0 Å². The van der Waals surface area contributed by atoms with Crippen molar-refractivity contribution in [1.29, 1.82) is 0 Å². The van der Waals surface area contributed by atoms with Crippen LogP contribution in [0.5, 0.6) is 0 Å². The first-order valence-electron chi connectivity index (χ1n) is 5.16. The minimum absolute atomic E-state index is 0.185. The molecule has 94 valence electrons. The van der Waals surface area contributed by atoms with Gasteiger partial charge in [-0.1, -0.05) is 12.1 Å². The third-order valence-electron chi connectivity index (χ3n) is 2.59. The second kappa shape index (κ2) is 4.48. The third-order valence-corrected chi connectivity index (χ3v) is 2.59. The van der Waals surface area contributed by atoms with E-state index in [2.05, 4.69) is 0 Å². The highest BCUT2D eigenvalue weighted by molar-refractivity contribution is 5.88. The van der Waals surface area contributed by atoms with Crippen molar-refractivity contribution >= 4 is 5.97 Å². The molecule has 0 amide bonds. The number of hydrogen-bond donors (Lipinski definition) is 1. The van der Waals surface area contributed by atoms with Crippen LogP contribution in [0.15, 0.2) is 33.6 Å². The number of hydrogen-bond acceptors (Lipinski definition) is 3. The number of nitrogens with zero attached hydrogens (tertiary/aromatic N) is 1. The number of carboxylic acids is 1. The highest BCUT2D eigenvalue weighted by atomic mass is 19.1. The lowest BCUT2D eigenvalue weighted by Gasteiger charge is -2.02. The fourth-order valence-corrected chi connectivity index (χ4v) is 1.71. The van der Waals surface area contributed by atoms with Crippen molar-refractivity contribution in [3.63, 3.8) is 0 Å². The lowest BCUT2D eigenvalue weighted by molar-refractivity contribution is 0.0693. The van der Waals surface area contributed by atoms with Gasteiger partial charge in [-0.15, -0.1) is 0 Å². The Morgan fingerprint density at radius 1 is 1.39 bits per heavy atom. The third kappa shape index (κ3) is 2.17. The van der Waals surface area contributed by atoms with E-state index in [-0.39, 0.29) is 23.5 Å². The van der Waals surface area contributed by atoms with Crippen LogP contribution in [0.4, 0.5) is 4.39 Å². The number of aromatic nitrogens is 1. The molecule has 0 atom stereocenters. The van der Waals surface area contributed by atoms with Gasteiger partial charge < -0.3 is 9.63 Å². The summed E-state index contributed by atoms with van der Waals surface area (Å²) in [7, 11) is 1.45. The summed E-state index contributed by atoms with van der Waals surface area (Å²) in [6.45, 7) is 0. The second-order valence-electron chi connectivity index (χ2n) is 3.81. The van der Waals surface area contributed by atoms with Crippen LogP contribution in [-0.4, -0.2) is 15.8 Å². The number of carbonyl (C=O) groups is 1. The molecule has 1 N–H and O–H groups in total. The van der Waals surface area contributed by atoms with E-state index in [1.165, 1.54) is 31.3 Å². The minimum Gasteiger partial charge on any atom is -0.477 e. The maximum Gasteiger partial charge on any atom is 0.372 e. The number of aryl methyl sites for hydroxylation is 1. The monoisotopic (exact) mass is 251 g/mol. The van der Waals surface area contributed by atoms with Gasteiger partial charge in [0.05, 0.1) is 5.69 Å². The molecule has 2 aromatic rings. The molecule has 5 nitrogen and oxygen atoms in total. The van der Waals surface area contributed by atoms with Crippen molar-refractivity contribution in [2.75, 3.05) is 0 Å². The summed E-state index contributed by atoms with van der Waals surface area (Å²) >= 11 is 0. The molecule has 0 radical (unpaired) electrons. The molecule has 0 aliphatic rings. The van der Waals surface area contributed by atoms with Crippen molar-refractivity contribution in [3.05, 3.63) is 57.3 Å². The number of aromatic carboxylic acids is 1. The van der Waals surface area contributed by atoms with Crippen LogP contribution in [0.3, 0.4) is 0 Å². The van der Waals surface area contributed by atoms with Gasteiger partial charge in [0.25, 0.3) is 0 Å². The molecule has 0 saturated heterocycles. The molecular weight excluding hydrogens is 241 g/mol. The minimum atomic E-state index is -1.33. The fourth-order valence-electron chi connectivity index (χ4n) is 1.71. The SMILES string of the molecule is Cn1oc(=O)c(C(=O)O)c1Cc1ccc(F)cc1. The van der Waals surface area contributed by atoms with Gasteiger partial charge >= 0.3 is 11.6 Å². The van der Waals surface area contributed by atoms with E-state index in [1.807, 2.05) is 0 Å². The molecule has 0 spiro atoms. The van der Waals surface area contributed by atoms with Crippen molar-refractivity contribution in [2.24, 2.45) is 7.05 Å². The van der Waals surface area contributed by atoms with E-state index < -0.39 is 11.6 Å². The van der Waals surface area contributed by atoms with Crippen LogP contribution in [-0.2, 0) is 13.5 Å². The molecule has 1 heterocycles. The Morgan fingerprint density at radius 3 is 2.56 bits per heavy atom. The molecule has 0 aliphatic carbocycles. The van der Waals surface area contributed by atoms with Gasteiger partial charge in [0.2, 0.25) is 0 Å². The van der Waals surface area contributed by atoms with Crippen molar-refractivity contribution in [2.45, 2.75) is 6.42 Å².